The molecule has 0 spiro atoms. The number of nitrogen functional groups attached to an aromatic ring is 1. The van der Waals surface area contributed by atoms with Crippen LogP contribution in [0.1, 0.15) is 5.56 Å². The van der Waals surface area contributed by atoms with Gasteiger partial charge in [-0.25, -0.2) is 0 Å². The van der Waals surface area contributed by atoms with Crippen molar-refractivity contribution in [3.63, 3.8) is 0 Å². The van der Waals surface area contributed by atoms with Crippen LogP contribution in [0.3, 0.4) is 0 Å². The van der Waals surface area contributed by atoms with Gasteiger partial charge >= 0.3 is 0 Å². The first-order valence-corrected chi connectivity index (χ1v) is 3.54. The minimum absolute atomic E-state index is 0.335. The van der Waals surface area contributed by atoms with Gasteiger partial charge in [0.1, 0.15) is 0 Å². The second-order valence-corrected chi connectivity index (χ2v) is 2.50. The molecule has 2 heterocycles. The second-order valence-electron chi connectivity index (χ2n) is 2.50. The SMILES string of the molecule is Cc1c(-c2ccco2)noc1N. The molecule has 0 radical (unpaired) electrons. The highest BCUT2D eigenvalue weighted by Gasteiger charge is 2.12. The lowest BCUT2D eigenvalue weighted by atomic mass is 10.2. The summed E-state index contributed by atoms with van der Waals surface area (Å²) in [5, 5.41) is 3.76. The normalized spacial score (nSPS) is 10.4. The molecule has 62 valence electrons. The fourth-order valence-corrected chi connectivity index (χ4v) is 0.992. The number of hydrogen-bond donors (Lipinski definition) is 1. The molecule has 2 rings (SSSR count). The second kappa shape index (κ2) is 2.41. The van der Waals surface area contributed by atoms with E-state index in [-0.39, 0.29) is 0 Å². The van der Waals surface area contributed by atoms with Crippen LogP contribution in [0.4, 0.5) is 5.88 Å². The summed E-state index contributed by atoms with van der Waals surface area (Å²) in [4.78, 5) is 0. The van der Waals surface area contributed by atoms with Gasteiger partial charge in [0, 0.05) is 5.56 Å². The Morgan fingerprint density at radius 1 is 1.50 bits per heavy atom. The van der Waals surface area contributed by atoms with Crippen molar-refractivity contribution in [1.29, 1.82) is 0 Å². The highest BCUT2D eigenvalue weighted by molar-refractivity contribution is 5.61. The Labute approximate surface area is 69.0 Å². The van der Waals surface area contributed by atoms with Crippen LogP contribution in [-0.2, 0) is 0 Å². The van der Waals surface area contributed by atoms with E-state index in [4.69, 9.17) is 14.7 Å². The van der Waals surface area contributed by atoms with Crippen molar-refractivity contribution in [3.8, 4) is 11.5 Å². The van der Waals surface area contributed by atoms with Gasteiger partial charge in [-0.2, -0.15) is 0 Å². The Morgan fingerprint density at radius 2 is 2.33 bits per heavy atom. The van der Waals surface area contributed by atoms with Crippen LogP contribution in [0, 0.1) is 6.92 Å². The summed E-state index contributed by atoms with van der Waals surface area (Å²) in [5.41, 5.74) is 6.95. The lowest BCUT2D eigenvalue weighted by Crippen LogP contribution is -1.83. The maximum absolute atomic E-state index is 5.48. The number of nitrogens with two attached hydrogens (primary N) is 1. The average molecular weight is 164 g/mol. The molecule has 4 heteroatoms. The molecular formula is C8H8N2O2. The average Bonchev–Trinajstić information content (AvgIpc) is 2.64. The monoisotopic (exact) mass is 164 g/mol. The molecule has 0 unspecified atom stereocenters. The summed E-state index contributed by atoms with van der Waals surface area (Å²) in [6.07, 6.45) is 1.58. The Morgan fingerprint density at radius 3 is 2.83 bits per heavy atom. The molecular weight excluding hydrogens is 156 g/mol. The van der Waals surface area contributed by atoms with Crippen LogP contribution in [-0.4, -0.2) is 5.16 Å². The van der Waals surface area contributed by atoms with E-state index < -0.39 is 0 Å². The topological polar surface area (TPSA) is 65.2 Å². The van der Waals surface area contributed by atoms with E-state index >= 15 is 0 Å². The minimum Gasteiger partial charge on any atom is -0.463 e. The van der Waals surface area contributed by atoms with Gasteiger partial charge in [-0.15, -0.1) is 0 Å². The zero-order valence-corrected chi connectivity index (χ0v) is 6.57. The largest absolute Gasteiger partial charge is 0.463 e. The van der Waals surface area contributed by atoms with Gasteiger partial charge in [-0.3, -0.25) is 0 Å². The van der Waals surface area contributed by atoms with Crippen molar-refractivity contribution in [2.45, 2.75) is 6.92 Å². The van der Waals surface area contributed by atoms with E-state index in [9.17, 15) is 0 Å². The third-order valence-corrected chi connectivity index (χ3v) is 1.71. The van der Waals surface area contributed by atoms with Crippen molar-refractivity contribution in [2.24, 2.45) is 0 Å². The van der Waals surface area contributed by atoms with Crippen LogP contribution in [0.15, 0.2) is 27.3 Å². The number of rotatable bonds is 1. The molecule has 2 N–H and O–H groups in total. The van der Waals surface area contributed by atoms with E-state index in [1.807, 2.05) is 13.0 Å². The van der Waals surface area contributed by atoms with Crippen LogP contribution < -0.4 is 5.73 Å². The maximum atomic E-state index is 5.48. The summed E-state index contributed by atoms with van der Waals surface area (Å²) < 4.78 is 9.92. The van der Waals surface area contributed by atoms with Gasteiger partial charge in [-0.05, 0) is 19.1 Å². The molecule has 0 saturated carbocycles. The molecule has 0 aliphatic heterocycles. The fraction of sp³-hybridized carbons (Fsp3) is 0.125. The summed E-state index contributed by atoms with van der Waals surface area (Å²) in [7, 11) is 0. The predicted molar refractivity (Wildman–Crippen MR) is 43.4 cm³/mol. The van der Waals surface area contributed by atoms with Gasteiger partial charge in [0.05, 0.1) is 6.26 Å². The van der Waals surface area contributed by atoms with Crippen molar-refractivity contribution >= 4 is 5.88 Å². The maximum Gasteiger partial charge on any atom is 0.225 e. The highest BCUT2D eigenvalue weighted by atomic mass is 16.5. The number of hydrogen-bond acceptors (Lipinski definition) is 4. The number of nitrogens with zero attached hydrogens (tertiary/aromatic N) is 1. The zero-order chi connectivity index (χ0) is 8.55. The fourth-order valence-electron chi connectivity index (χ4n) is 0.992. The smallest absolute Gasteiger partial charge is 0.225 e. The minimum atomic E-state index is 0.335. The van der Waals surface area contributed by atoms with E-state index in [1.165, 1.54) is 0 Å². The van der Waals surface area contributed by atoms with Crippen molar-refractivity contribution in [1.82, 2.24) is 5.16 Å². The Kier molecular flexibility index (Phi) is 1.40. The summed E-state index contributed by atoms with van der Waals surface area (Å²) in [6, 6.07) is 3.60. The Balaban J connectivity index is 2.55. The van der Waals surface area contributed by atoms with E-state index in [0.29, 0.717) is 17.3 Å². The summed E-state index contributed by atoms with van der Waals surface area (Å²) in [6.45, 7) is 1.84. The molecule has 0 bridgehead atoms. The van der Waals surface area contributed by atoms with Crippen molar-refractivity contribution in [2.75, 3.05) is 5.73 Å². The lowest BCUT2D eigenvalue weighted by molar-refractivity contribution is 0.435. The predicted octanol–water partition coefficient (Wildman–Crippen LogP) is 1.83. The van der Waals surface area contributed by atoms with Crippen LogP contribution in [0.25, 0.3) is 11.5 Å². The number of aromatic nitrogens is 1. The van der Waals surface area contributed by atoms with Gasteiger partial charge in [-0.1, -0.05) is 5.16 Å². The molecule has 0 aliphatic rings. The van der Waals surface area contributed by atoms with Crippen molar-refractivity contribution < 1.29 is 8.94 Å². The number of furan rings is 1. The Hall–Kier alpha value is -1.71. The molecule has 4 nitrogen and oxygen atoms in total. The zero-order valence-electron chi connectivity index (χ0n) is 6.57. The molecule has 0 amide bonds. The van der Waals surface area contributed by atoms with Crippen LogP contribution in [0.2, 0.25) is 0 Å². The van der Waals surface area contributed by atoms with E-state index in [2.05, 4.69) is 5.16 Å². The quantitative estimate of drug-likeness (QED) is 0.698. The van der Waals surface area contributed by atoms with Gasteiger partial charge in [0.25, 0.3) is 0 Å². The molecule has 0 saturated heterocycles. The lowest BCUT2D eigenvalue weighted by Gasteiger charge is -1.88. The van der Waals surface area contributed by atoms with Crippen molar-refractivity contribution in [3.05, 3.63) is 24.0 Å². The van der Waals surface area contributed by atoms with Gasteiger partial charge in [0.15, 0.2) is 11.5 Å². The molecule has 0 aliphatic carbocycles. The van der Waals surface area contributed by atoms with E-state index in [0.717, 1.165) is 5.56 Å². The van der Waals surface area contributed by atoms with E-state index in [1.54, 1.807) is 12.3 Å². The van der Waals surface area contributed by atoms with Crippen LogP contribution >= 0.6 is 0 Å². The molecule has 0 fully saturated rings. The Bertz CT molecular complexity index is 376. The third-order valence-electron chi connectivity index (χ3n) is 1.71. The first-order valence-electron chi connectivity index (χ1n) is 3.54. The first kappa shape index (κ1) is 6.97. The summed E-state index contributed by atoms with van der Waals surface area (Å²) >= 11 is 0. The first-order chi connectivity index (χ1) is 5.79. The number of anilines is 1. The molecule has 2 aromatic heterocycles. The van der Waals surface area contributed by atoms with Gasteiger partial charge < -0.3 is 14.7 Å². The van der Waals surface area contributed by atoms with Gasteiger partial charge in [0.2, 0.25) is 5.88 Å². The van der Waals surface area contributed by atoms with Crippen LogP contribution in [0.5, 0.6) is 0 Å². The molecule has 12 heavy (non-hydrogen) atoms. The molecule has 0 atom stereocenters. The molecule has 0 aromatic carbocycles. The summed E-state index contributed by atoms with van der Waals surface area (Å²) in [5.74, 6) is 1.01. The standard InChI is InChI=1S/C8H8N2O2/c1-5-7(10-12-8(5)9)6-3-2-4-11-6/h2-4H,9H2,1H3. The highest BCUT2D eigenvalue weighted by Crippen LogP contribution is 2.25. The molecule has 2 aromatic rings. The third kappa shape index (κ3) is 0.887.